The van der Waals surface area contributed by atoms with E-state index in [2.05, 4.69) is 5.10 Å². The highest BCUT2D eigenvalue weighted by molar-refractivity contribution is 5.76. The fraction of sp³-hybridized carbons (Fsp3) is 0.286. The van der Waals surface area contributed by atoms with Gasteiger partial charge in [-0.25, -0.2) is 4.68 Å². The summed E-state index contributed by atoms with van der Waals surface area (Å²) in [7, 11) is 0. The van der Waals surface area contributed by atoms with Gasteiger partial charge in [-0.15, -0.1) is 0 Å². The van der Waals surface area contributed by atoms with Gasteiger partial charge in [-0.2, -0.15) is 18.3 Å². The van der Waals surface area contributed by atoms with Crippen molar-refractivity contribution in [2.24, 2.45) is 0 Å². The zero-order valence-corrected chi connectivity index (χ0v) is 16.4. The van der Waals surface area contributed by atoms with Gasteiger partial charge in [0.1, 0.15) is 12.2 Å². The number of benzene rings is 1. The number of rotatable bonds is 4. The van der Waals surface area contributed by atoms with Gasteiger partial charge >= 0.3 is 6.18 Å². The van der Waals surface area contributed by atoms with Crippen molar-refractivity contribution in [3.05, 3.63) is 70.7 Å². The van der Waals surface area contributed by atoms with Crippen molar-refractivity contribution in [2.45, 2.75) is 12.7 Å². The van der Waals surface area contributed by atoms with Gasteiger partial charge in [0.15, 0.2) is 5.76 Å². The summed E-state index contributed by atoms with van der Waals surface area (Å²) in [5.41, 5.74) is -0.214. The Morgan fingerprint density at radius 2 is 1.81 bits per heavy atom. The summed E-state index contributed by atoms with van der Waals surface area (Å²) in [4.78, 5) is 28.2. The average Bonchev–Trinajstić information content (AvgIpc) is 3.30. The van der Waals surface area contributed by atoms with E-state index in [0.717, 1.165) is 16.8 Å². The van der Waals surface area contributed by atoms with Gasteiger partial charge in [-0.3, -0.25) is 9.59 Å². The Labute approximate surface area is 175 Å². The first kappa shape index (κ1) is 20.7. The molecule has 0 spiro atoms. The van der Waals surface area contributed by atoms with Crippen LogP contribution >= 0.6 is 0 Å². The molecule has 3 aromatic rings. The molecule has 3 heterocycles. The van der Waals surface area contributed by atoms with Crippen LogP contribution in [0.4, 0.5) is 18.9 Å². The molecule has 0 unspecified atom stereocenters. The molecule has 2 aromatic heterocycles. The number of hydrogen-bond donors (Lipinski definition) is 0. The molecule has 1 amide bonds. The number of piperazine rings is 1. The molecule has 0 bridgehead atoms. The number of alkyl halides is 3. The van der Waals surface area contributed by atoms with Crippen LogP contribution in [0.1, 0.15) is 5.56 Å². The van der Waals surface area contributed by atoms with E-state index in [1.807, 2.05) is 0 Å². The lowest BCUT2D eigenvalue weighted by molar-refractivity contribution is -0.137. The monoisotopic (exact) mass is 432 g/mol. The third-order valence-electron chi connectivity index (χ3n) is 5.10. The Morgan fingerprint density at radius 1 is 1.03 bits per heavy atom. The minimum Gasteiger partial charge on any atom is -0.463 e. The molecule has 1 saturated heterocycles. The van der Waals surface area contributed by atoms with E-state index in [0.29, 0.717) is 43.3 Å². The normalized spacial score (nSPS) is 14.7. The second-order valence-corrected chi connectivity index (χ2v) is 7.11. The number of halogens is 3. The van der Waals surface area contributed by atoms with Gasteiger partial charge in [0.25, 0.3) is 5.56 Å². The number of carbonyl (C=O) groups is 1. The Balaban J connectivity index is 1.40. The Bertz CT molecular complexity index is 1120. The summed E-state index contributed by atoms with van der Waals surface area (Å²) < 4.78 is 45.2. The first-order valence-electron chi connectivity index (χ1n) is 9.63. The van der Waals surface area contributed by atoms with Gasteiger partial charge in [0, 0.05) is 37.9 Å². The van der Waals surface area contributed by atoms with Crippen LogP contribution in [0.15, 0.2) is 64.0 Å². The van der Waals surface area contributed by atoms with Gasteiger partial charge in [-0.1, -0.05) is 6.07 Å². The smallest absolute Gasteiger partial charge is 0.416 e. The van der Waals surface area contributed by atoms with E-state index in [9.17, 15) is 22.8 Å². The Kier molecular flexibility index (Phi) is 5.53. The zero-order valence-electron chi connectivity index (χ0n) is 16.4. The molecule has 1 fully saturated rings. The fourth-order valence-corrected chi connectivity index (χ4v) is 3.44. The Morgan fingerprint density at radius 3 is 2.48 bits per heavy atom. The molecular formula is C21H19F3N4O3. The largest absolute Gasteiger partial charge is 0.463 e. The van der Waals surface area contributed by atoms with Crippen LogP contribution in [0.2, 0.25) is 0 Å². The number of carbonyl (C=O) groups excluding carboxylic acids is 1. The molecule has 162 valence electrons. The topological polar surface area (TPSA) is 71.6 Å². The zero-order chi connectivity index (χ0) is 22.0. The van der Waals surface area contributed by atoms with Crippen LogP contribution in [0.3, 0.4) is 0 Å². The van der Waals surface area contributed by atoms with Crippen LogP contribution in [0, 0.1) is 0 Å². The van der Waals surface area contributed by atoms with E-state index in [4.69, 9.17) is 4.42 Å². The highest BCUT2D eigenvalue weighted by Crippen LogP contribution is 2.31. The quantitative estimate of drug-likeness (QED) is 0.634. The van der Waals surface area contributed by atoms with E-state index in [1.54, 1.807) is 28.0 Å². The maximum absolute atomic E-state index is 12.9. The predicted molar refractivity (Wildman–Crippen MR) is 106 cm³/mol. The molecule has 7 nitrogen and oxygen atoms in total. The minimum atomic E-state index is -4.40. The van der Waals surface area contributed by atoms with Gasteiger partial charge < -0.3 is 14.2 Å². The Hall–Kier alpha value is -3.56. The summed E-state index contributed by atoms with van der Waals surface area (Å²) in [5, 5.41) is 4.19. The summed E-state index contributed by atoms with van der Waals surface area (Å²) in [6, 6.07) is 11.4. The molecule has 1 aliphatic rings. The van der Waals surface area contributed by atoms with E-state index in [1.165, 1.54) is 24.5 Å². The molecule has 1 aromatic carbocycles. The highest BCUT2D eigenvalue weighted by atomic mass is 19.4. The van der Waals surface area contributed by atoms with Crippen molar-refractivity contribution in [3.8, 4) is 11.5 Å². The summed E-state index contributed by atoms with van der Waals surface area (Å²) >= 11 is 0. The third-order valence-corrected chi connectivity index (χ3v) is 5.10. The first-order chi connectivity index (χ1) is 14.8. The van der Waals surface area contributed by atoms with Gasteiger partial charge in [0.05, 0.1) is 11.8 Å². The molecule has 0 radical (unpaired) electrons. The summed E-state index contributed by atoms with van der Waals surface area (Å²) in [5.74, 6) is 0.200. The van der Waals surface area contributed by atoms with Crippen molar-refractivity contribution in [2.75, 3.05) is 31.1 Å². The molecule has 0 saturated carbocycles. The van der Waals surface area contributed by atoms with Crippen LogP contribution in [-0.4, -0.2) is 46.8 Å². The summed E-state index contributed by atoms with van der Waals surface area (Å²) in [6.07, 6.45) is -2.92. The molecule has 0 atom stereocenters. The fourth-order valence-electron chi connectivity index (χ4n) is 3.44. The van der Waals surface area contributed by atoms with Crippen molar-refractivity contribution >= 4 is 11.6 Å². The average molecular weight is 432 g/mol. The van der Waals surface area contributed by atoms with Gasteiger partial charge in [0.2, 0.25) is 5.91 Å². The lowest BCUT2D eigenvalue weighted by Gasteiger charge is -2.36. The van der Waals surface area contributed by atoms with Crippen molar-refractivity contribution in [3.63, 3.8) is 0 Å². The van der Waals surface area contributed by atoms with Crippen LogP contribution < -0.4 is 10.5 Å². The minimum absolute atomic E-state index is 0.225. The number of amides is 1. The predicted octanol–water partition coefficient (Wildman–Crippen LogP) is 2.87. The SMILES string of the molecule is O=C(Cn1nc(-c2ccco2)ccc1=O)N1CCN(c2cccc(C(F)(F)F)c2)CC1. The second kappa shape index (κ2) is 8.29. The maximum Gasteiger partial charge on any atom is 0.416 e. The standard InChI is InChI=1S/C21H19F3N4O3/c22-21(23,24)15-3-1-4-16(13-15)26-8-10-27(11-9-26)20(30)14-28-19(29)7-6-17(25-28)18-5-2-12-31-18/h1-7,12-13H,8-11,14H2. The second-order valence-electron chi connectivity index (χ2n) is 7.11. The van der Waals surface area contributed by atoms with Crippen LogP contribution in [0.25, 0.3) is 11.5 Å². The number of hydrogen-bond acceptors (Lipinski definition) is 5. The van der Waals surface area contributed by atoms with E-state index < -0.39 is 17.3 Å². The molecule has 1 aliphatic heterocycles. The van der Waals surface area contributed by atoms with Crippen LogP contribution in [0.5, 0.6) is 0 Å². The van der Waals surface area contributed by atoms with Crippen molar-refractivity contribution < 1.29 is 22.4 Å². The first-order valence-corrected chi connectivity index (χ1v) is 9.63. The maximum atomic E-state index is 12.9. The molecule has 4 rings (SSSR count). The number of anilines is 1. The lowest BCUT2D eigenvalue weighted by Crippen LogP contribution is -2.50. The van der Waals surface area contributed by atoms with E-state index in [-0.39, 0.29) is 12.5 Å². The number of aromatic nitrogens is 2. The molecule has 31 heavy (non-hydrogen) atoms. The number of nitrogens with zero attached hydrogens (tertiary/aromatic N) is 4. The molecule has 10 heteroatoms. The van der Waals surface area contributed by atoms with Crippen LogP contribution in [-0.2, 0) is 17.5 Å². The van der Waals surface area contributed by atoms with E-state index >= 15 is 0 Å². The third kappa shape index (κ3) is 4.62. The molecule has 0 N–H and O–H groups in total. The highest BCUT2D eigenvalue weighted by Gasteiger charge is 2.31. The van der Waals surface area contributed by atoms with Crippen molar-refractivity contribution in [1.82, 2.24) is 14.7 Å². The molecule has 0 aliphatic carbocycles. The lowest BCUT2D eigenvalue weighted by atomic mass is 10.1. The summed E-state index contributed by atoms with van der Waals surface area (Å²) in [6.45, 7) is 1.23. The number of furan rings is 1. The van der Waals surface area contributed by atoms with Gasteiger partial charge in [-0.05, 0) is 36.4 Å². The van der Waals surface area contributed by atoms with Crippen molar-refractivity contribution in [1.29, 1.82) is 0 Å². The molecular weight excluding hydrogens is 413 g/mol.